The highest BCUT2D eigenvalue weighted by atomic mass is 32.1. The Morgan fingerprint density at radius 3 is 1.31 bits per heavy atom. The fraction of sp³-hybridized carbons (Fsp3) is 0.111. The first-order valence-corrected chi connectivity index (χ1v) is 17.7. The second kappa shape index (κ2) is 18.5. The van der Waals surface area contributed by atoms with Gasteiger partial charge in [0.05, 0.1) is 21.1 Å². The van der Waals surface area contributed by atoms with E-state index in [1.165, 1.54) is 61.3 Å². The van der Waals surface area contributed by atoms with Crippen molar-refractivity contribution in [2.75, 3.05) is 10.9 Å². The molecule has 0 fully saturated rings. The number of rotatable bonds is 14. The van der Waals surface area contributed by atoms with E-state index >= 15 is 0 Å². The van der Waals surface area contributed by atoms with E-state index in [1.54, 1.807) is 50.3 Å². The Labute approximate surface area is 317 Å². The molecule has 4 amide bonds. The van der Waals surface area contributed by atoms with Crippen LogP contribution in [0.15, 0.2) is 95.7 Å². The van der Waals surface area contributed by atoms with Crippen LogP contribution in [0.1, 0.15) is 66.8 Å². The minimum absolute atomic E-state index is 0.277. The zero-order valence-electron chi connectivity index (χ0n) is 29.4. The van der Waals surface area contributed by atoms with Crippen molar-refractivity contribution >= 4 is 80.1 Å². The van der Waals surface area contributed by atoms with Crippen molar-refractivity contribution in [1.29, 1.82) is 0 Å². The van der Waals surface area contributed by atoms with Crippen molar-refractivity contribution in [3.05, 3.63) is 129 Å². The molecule has 0 atom stereocenters. The quantitative estimate of drug-likeness (QED) is 0.0681. The first-order valence-electron chi connectivity index (χ1n) is 16.1. The number of amides is 4. The van der Waals surface area contributed by atoms with E-state index in [0.717, 1.165) is 11.1 Å². The summed E-state index contributed by atoms with van der Waals surface area (Å²) >= 11 is 2.51. The number of aromatic nitrogens is 4. The highest BCUT2D eigenvalue weighted by Gasteiger charge is 2.15. The van der Waals surface area contributed by atoms with Gasteiger partial charge in [0.2, 0.25) is 22.1 Å². The Morgan fingerprint density at radius 2 is 0.963 bits per heavy atom. The minimum Gasteiger partial charge on any atom is -0.274 e. The van der Waals surface area contributed by atoms with Crippen LogP contribution in [0, 0.1) is 13.8 Å². The van der Waals surface area contributed by atoms with Gasteiger partial charge in [0.1, 0.15) is 11.4 Å². The van der Waals surface area contributed by atoms with E-state index in [4.69, 9.17) is 0 Å². The Kier molecular flexibility index (Phi) is 13.2. The van der Waals surface area contributed by atoms with Gasteiger partial charge in [-0.25, -0.2) is 20.8 Å². The number of nitrogens with one attached hydrogen (secondary N) is 6. The van der Waals surface area contributed by atoms with E-state index in [0.29, 0.717) is 54.0 Å². The van der Waals surface area contributed by atoms with Crippen LogP contribution in [0.4, 0.5) is 10.3 Å². The standard InChI is InChI=1S/C36H34N12O4S2/c1-21-31(53-35(39-21)47-41-23(3)49)29(43-45-33(51)27-13-17-37-18-14-27)11-9-25-5-7-26(8-6-25)10-12-30(44-46-34(52)28-15-19-38-20-16-28)32-22(2)40-36(54-32)48-42-24(4)50/h5-20H,1-4H3,(H,39,47)(H,40,48)(H,41,49)(H,42,50)(H,45,51)(H,46,52)/b11-9-,12-10-,43-29-,44-30-. The molecule has 5 aromatic rings. The number of nitrogens with zero attached hydrogens (tertiary/aromatic N) is 6. The van der Waals surface area contributed by atoms with Crippen molar-refractivity contribution in [1.82, 2.24) is 41.6 Å². The summed E-state index contributed by atoms with van der Waals surface area (Å²) in [6.07, 6.45) is 13.3. The van der Waals surface area contributed by atoms with Crippen LogP contribution in [0.25, 0.3) is 12.2 Å². The molecule has 0 bridgehead atoms. The highest BCUT2D eigenvalue weighted by Crippen LogP contribution is 2.25. The molecule has 4 aromatic heterocycles. The maximum atomic E-state index is 12.8. The maximum Gasteiger partial charge on any atom is 0.271 e. The monoisotopic (exact) mass is 762 g/mol. The molecular weight excluding hydrogens is 729 g/mol. The number of hydrogen-bond donors (Lipinski definition) is 6. The number of benzene rings is 1. The number of thiazole rings is 2. The Balaban J connectivity index is 1.38. The topological polar surface area (TPSA) is 217 Å². The number of aryl methyl sites for hydroxylation is 2. The SMILES string of the molecule is CC(=O)NNc1nc(C)c(C(/C=C\c2ccc(/C=C\C(=N\NC(=O)c3ccncc3)c3sc(NNC(C)=O)nc3C)cc2)=N\NC(=O)c2ccncc2)s1. The number of anilines is 2. The van der Waals surface area contributed by atoms with Crippen LogP contribution >= 0.6 is 22.7 Å². The summed E-state index contributed by atoms with van der Waals surface area (Å²) < 4.78 is 0. The summed E-state index contributed by atoms with van der Waals surface area (Å²) in [5.74, 6) is -1.37. The molecule has 274 valence electrons. The molecule has 0 aliphatic heterocycles. The lowest BCUT2D eigenvalue weighted by Gasteiger charge is -2.04. The number of hydrazone groups is 2. The zero-order valence-corrected chi connectivity index (χ0v) is 31.0. The first kappa shape index (κ1) is 38.3. The molecule has 0 unspecified atom stereocenters. The van der Waals surface area contributed by atoms with Crippen LogP contribution in [0.3, 0.4) is 0 Å². The second-order valence-corrected chi connectivity index (χ2v) is 13.2. The lowest BCUT2D eigenvalue weighted by molar-refractivity contribution is -0.119. The minimum atomic E-state index is -0.410. The smallest absolute Gasteiger partial charge is 0.271 e. The number of carbonyl (C=O) groups excluding carboxylic acids is 4. The van der Waals surface area contributed by atoms with E-state index < -0.39 is 11.8 Å². The van der Waals surface area contributed by atoms with Crippen LogP contribution in [0.2, 0.25) is 0 Å². The molecule has 0 radical (unpaired) electrons. The molecule has 0 saturated carbocycles. The second-order valence-electron chi connectivity index (χ2n) is 11.2. The Hall–Kier alpha value is -6.92. The normalized spacial score (nSPS) is 11.7. The van der Waals surface area contributed by atoms with Crippen molar-refractivity contribution in [2.45, 2.75) is 27.7 Å². The number of carbonyl (C=O) groups is 4. The van der Waals surface area contributed by atoms with Gasteiger partial charge >= 0.3 is 0 Å². The summed E-state index contributed by atoms with van der Waals surface area (Å²) in [5, 5.41) is 9.71. The molecule has 4 heterocycles. The molecule has 5 rings (SSSR count). The van der Waals surface area contributed by atoms with Gasteiger partial charge < -0.3 is 0 Å². The van der Waals surface area contributed by atoms with Crippen molar-refractivity contribution in [3.63, 3.8) is 0 Å². The summed E-state index contributed by atoms with van der Waals surface area (Å²) in [4.78, 5) is 66.5. The van der Waals surface area contributed by atoms with Gasteiger partial charge in [0.25, 0.3) is 11.8 Å². The summed E-state index contributed by atoms with van der Waals surface area (Å²) in [7, 11) is 0. The summed E-state index contributed by atoms with van der Waals surface area (Å²) in [5.41, 5.74) is 20.4. The third-order valence-electron chi connectivity index (χ3n) is 6.99. The van der Waals surface area contributed by atoms with Gasteiger partial charge in [0.15, 0.2) is 0 Å². The fourth-order valence-corrected chi connectivity index (χ4v) is 6.19. The molecule has 18 heteroatoms. The predicted octanol–water partition coefficient (Wildman–Crippen LogP) is 4.63. The summed E-state index contributed by atoms with van der Waals surface area (Å²) in [6, 6.07) is 13.9. The van der Waals surface area contributed by atoms with E-state index in [1.807, 2.05) is 36.4 Å². The Morgan fingerprint density at radius 1 is 0.593 bits per heavy atom. The van der Waals surface area contributed by atoms with Gasteiger partial charge in [0, 0.05) is 49.8 Å². The molecular formula is C36H34N12O4S2. The van der Waals surface area contributed by atoms with E-state index in [2.05, 4.69) is 62.7 Å². The third-order valence-corrected chi connectivity index (χ3v) is 9.18. The number of pyridine rings is 2. The first-order chi connectivity index (χ1) is 26.0. The van der Waals surface area contributed by atoms with Crippen molar-refractivity contribution < 1.29 is 19.2 Å². The predicted molar refractivity (Wildman–Crippen MR) is 210 cm³/mol. The van der Waals surface area contributed by atoms with Crippen LogP contribution in [0.5, 0.6) is 0 Å². The molecule has 16 nitrogen and oxygen atoms in total. The van der Waals surface area contributed by atoms with Gasteiger partial charge in [-0.15, -0.1) is 0 Å². The summed E-state index contributed by atoms with van der Waals surface area (Å²) in [6.45, 7) is 6.36. The number of allylic oxidation sites excluding steroid dienone is 2. The van der Waals surface area contributed by atoms with Crippen molar-refractivity contribution in [2.24, 2.45) is 10.2 Å². The van der Waals surface area contributed by atoms with Gasteiger partial charge in [-0.1, -0.05) is 59.1 Å². The molecule has 1 aromatic carbocycles. The lowest BCUT2D eigenvalue weighted by Crippen LogP contribution is -2.26. The van der Waals surface area contributed by atoms with Crippen LogP contribution < -0.4 is 32.6 Å². The Bertz CT molecular complexity index is 2090. The number of hydrogen-bond acceptors (Lipinski definition) is 14. The lowest BCUT2D eigenvalue weighted by atomic mass is 10.1. The van der Waals surface area contributed by atoms with E-state index in [-0.39, 0.29) is 11.8 Å². The van der Waals surface area contributed by atoms with Crippen LogP contribution in [-0.4, -0.2) is 55.0 Å². The largest absolute Gasteiger partial charge is 0.274 e. The van der Waals surface area contributed by atoms with Crippen LogP contribution in [-0.2, 0) is 9.59 Å². The molecule has 0 saturated heterocycles. The molecule has 0 aliphatic carbocycles. The maximum absolute atomic E-state index is 12.8. The fourth-order valence-electron chi connectivity index (χ4n) is 4.41. The zero-order chi connectivity index (χ0) is 38.5. The molecule has 6 N–H and O–H groups in total. The van der Waals surface area contributed by atoms with Crippen molar-refractivity contribution in [3.8, 4) is 0 Å². The average Bonchev–Trinajstić information content (AvgIpc) is 3.74. The third kappa shape index (κ3) is 11.0. The van der Waals surface area contributed by atoms with Gasteiger partial charge in [-0.3, -0.25) is 50.8 Å². The van der Waals surface area contributed by atoms with E-state index in [9.17, 15) is 19.2 Å². The highest BCUT2D eigenvalue weighted by molar-refractivity contribution is 7.18. The molecule has 0 aliphatic rings. The van der Waals surface area contributed by atoms with Gasteiger partial charge in [-0.05, 0) is 61.4 Å². The average molecular weight is 763 g/mol. The molecule has 0 spiro atoms. The number of hydrazine groups is 2. The molecule has 54 heavy (non-hydrogen) atoms. The van der Waals surface area contributed by atoms with Gasteiger partial charge in [-0.2, -0.15) is 10.2 Å².